The Hall–Kier alpha value is -3.86. The van der Waals surface area contributed by atoms with E-state index in [0.29, 0.717) is 24.5 Å². The first-order valence-electron chi connectivity index (χ1n) is 13.5. The molecule has 0 saturated heterocycles. The maximum absolute atomic E-state index is 12.6. The van der Waals surface area contributed by atoms with E-state index in [9.17, 15) is 9.59 Å². The summed E-state index contributed by atoms with van der Waals surface area (Å²) >= 11 is 0. The topological polar surface area (TPSA) is 61.8 Å². The molecule has 0 amide bonds. The summed E-state index contributed by atoms with van der Waals surface area (Å²) < 4.78 is 16.6. The summed E-state index contributed by atoms with van der Waals surface area (Å²) in [5, 5.41) is 0. The number of ether oxygens (including phenoxy) is 3. The highest BCUT2D eigenvalue weighted by Gasteiger charge is 2.11. The van der Waals surface area contributed by atoms with E-state index in [1.807, 2.05) is 60.7 Å². The van der Waals surface area contributed by atoms with E-state index < -0.39 is 0 Å². The average Bonchev–Trinajstić information content (AvgIpc) is 2.95. The molecule has 0 unspecified atom stereocenters. The number of benzene rings is 3. The van der Waals surface area contributed by atoms with Gasteiger partial charge in [0.05, 0.1) is 18.8 Å². The molecule has 5 heteroatoms. The second-order valence-corrected chi connectivity index (χ2v) is 9.20. The summed E-state index contributed by atoms with van der Waals surface area (Å²) in [6.07, 6.45) is 9.52. The van der Waals surface area contributed by atoms with Crippen molar-refractivity contribution in [1.29, 1.82) is 0 Å². The van der Waals surface area contributed by atoms with Gasteiger partial charge in [0.25, 0.3) is 0 Å². The van der Waals surface area contributed by atoms with Gasteiger partial charge in [-0.15, -0.1) is 0 Å². The Kier molecular flexibility index (Phi) is 12.1. The predicted octanol–water partition coefficient (Wildman–Crippen LogP) is 7.97. The van der Waals surface area contributed by atoms with Crippen LogP contribution in [0.5, 0.6) is 11.5 Å². The van der Waals surface area contributed by atoms with Gasteiger partial charge in [-0.05, 0) is 60.7 Å². The van der Waals surface area contributed by atoms with Gasteiger partial charge < -0.3 is 14.2 Å². The molecule has 0 aromatic heterocycles. The second-order valence-electron chi connectivity index (χ2n) is 9.20. The van der Waals surface area contributed by atoms with Crippen LogP contribution in [0.2, 0.25) is 0 Å². The highest BCUT2D eigenvalue weighted by atomic mass is 16.5. The minimum atomic E-state index is -0.373. The first-order chi connectivity index (χ1) is 18.6. The molecule has 0 aliphatic carbocycles. The third kappa shape index (κ3) is 9.55. The molecular weight excluding hydrogens is 476 g/mol. The Morgan fingerprint density at radius 3 is 2.13 bits per heavy atom. The van der Waals surface area contributed by atoms with Crippen molar-refractivity contribution in [2.75, 3.05) is 13.2 Å². The maximum Gasteiger partial charge on any atom is 0.343 e. The van der Waals surface area contributed by atoms with Gasteiger partial charge in [0.1, 0.15) is 11.5 Å². The molecule has 0 aliphatic heterocycles. The van der Waals surface area contributed by atoms with Crippen molar-refractivity contribution < 1.29 is 23.8 Å². The van der Waals surface area contributed by atoms with Gasteiger partial charge in [0.2, 0.25) is 0 Å². The summed E-state index contributed by atoms with van der Waals surface area (Å²) in [5.74, 6) is 0.650. The van der Waals surface area contributed by atoms with Crippen LogP contribution in [0.4, 0.5) is 0 Å². The van der Waals surface area contributed by atoms with Crippen molar-refractivity contribution in [3.8, 4) is 22.6 Å². The van der Waals surface area contributed by atoms with Crippen molar-refractivity contribution in [2.45, 2.75) is 58.3 Å². The first-order valence-corrected chi connectivity index (χ1v) is 13.5. The van der Waals surface area contributed by atoms with Crippen LogP contribution in [0.15, 0.2) is 85.5 Å². The number of unbranched alkanes of at least 4 members (excludes halogenated alkanes) is 5. The van der Waals surface area contributed by atoms with E-state index in [2.05, 4.69) is 13.5 Å². The summed E-state index contributed by atoms with van der Waals surface area (Å²) in [5.41, 5.74) is 3.72. The van der Waals surface area contributed by atoms with Gasteiger partial charge in [-0.3, -0.25) is 0 Å². The first kappa shape index (κ1) is 28.7. The van der Waals surface area contributed by atoms with Crippen LogP contribution in [-0.4, -0.2) is 25.2 Å². The Morgan fingerprint density at radius 2 is 1.45 bits per heavy atom. The molecule has 0 bridgehead atoms. The Bertz CT molecular complexity index is 1150. The molecule has 0 aliphatic rings. The molecule has 38 heavy (non-hydrogen) atoms. The van der Waals surface area contributed by atoms with Crippen LogP contribution in [0, 0.1) is 0 Å². The van der Waals surface area contributed by atoms with Crippen molar-refractivity contribution in [1.82, 2.24) is 0 Å². The number of para-hydroxylation sites is 1. The lowest BCUT2D eigenvalue weighted by atomic mass is 10.0. The number of carbonyl (C=O) groups excluding carboxylic acids is 2. The largest absolute Gasteiger partial charge is 0.493 e. The number of hydrogen-bond donors (Lipinski definition) is 0. The number of hydrogen-bond acceptors (Lipinski definition) is 5. The minimum Gasteiger partial charge on any atom is -0.493 e. The fraction of sp³-hybridized carbons (Fsp3) is 0.333. The molecule has 0 radical (unpaired) electrons. The van der Waals surface area contributed by atoms with Crippen LogP contribution >= 0.6 is 0 Å². The Labute approximate surface area is 226 Å². The normalized spacial score (nSPS) is 10.6. The van der Waals surface area contributed by atoms with Crippen molar-refractivity contribution in [3.63, 3.8) is 0 Å². The van der Waals surface area contributed by atoms with Crippen LogP contribution in [0.1, 0.15) is 67.8 Å². The summed E-state index contributed by atoms with van der Waals surface area (Å²) in [7, 11) is 0. The van der Waals surface area contributed by atoms with Crippen LogP contribution < -0.4 is 9.47 Å². The van der Waals surface area contributed by atoms with E-state index in [0.717, 1.165) is 68.2 Å². The lowest BCUT2D eigenvalue weighted by molar-refractivity contribution is -0.137. The van der Waals surface area contributed by atoms with Crippen molar-refractivity contribution in [3.05, 3.63) is 96.6 Å². The van der Waals surface area contributed by atoms with Gasteiger partial charge in [-0.1, -0.05) is 88.1 Å². The number of carbonyl (C=O) groups is 2. The smallest absolute Gasteiger partial charge is 0.343 e. The summed E-state index contributed by atoms with van der Waals surface area (Å²) in [6.45, 7) is 6.63. The minimum absolute atomic E-state index is 0.357. The van der Waals surface area contributed by atoms with Gasteiger partial charge in [0, 0.05) is 11.6 Å². The molecule has 0 N–H and O–H groups in total. The van der Waals surface area contributed by atoms with Crippen molar-refractivity contribution >= 4 is 11.9 Å². The van der Waals surface area contributed by atoms with Gasteiger partial charge >= 0.3 is 11.9 Å². The number of rotatable bonds is 16. The van der Waals surface area contributed by atoms with E-state index in [1.54, 1.807) is 12.1 Å². The zero-order valence-corrected chi connectivity index (χ0v) is 22.3. The van der Waals surface area contributed by atoms with Crippen LogP contribution in [0.25, 0.3) is 11.1 Å². The standard InChI is InChI=1S/C33H38O5/c1-3-13-26-16-22-29(23-17-26)38-33(35)28-20-18-27(19-21-28)30-14-9-10-15-31(30)36-24-11-7-5-6-8-12-25-37-32(34)4-2/h4,9-10,14-23H,2-3,5-8,11-13,24-25H2,1H3. The molecule has 3 rings (SSSR count). The van der Waals surface area contributed by atoms with E-state index in [4.69, 9.17) is 14.2 Å². The van der Waals surface area contributed by atoms with Gasteiger partial charge in [-0.2, -0.15) is 0 Å². The second kappa shape index (κ2) is 16.1. The SMILES string of the molecule is C=CC(=O)OCCCCCCCCOc1ccccc1-c1ccc(C(=O)Oc2ccc(CCC)cc2)cc1. The van der Waals surface area contributed by atoms with E-state index >= 15 is 0 Å². The lowest BCUT2D eigenvalue weighted by Crippen LogP contribution is -2.08. The highest BCUT2D eigenvalue weighted by Crippen LogP contribution is 2.30. The Balaban J connectivity index is 1.43. The molecule has 5 nitrogen and oxygen atoms in total. The van der Waals surface area contributed by atoms with Gasteiger partial charge in [-0.25, -0.2) is 9.59 Å². The van der Waals surface area contributed by atoms with E-state index in [-0.39, 0.29) is 11.9 Å². The summed E-state index contributed by atoms with van der Waals surface area (Å²) in [4.78, 5) is 23.6. The zero-order chi connectivity index (χ0) is 27.0. The highest BCUT2D eigenvalue weighted by molar-refractivity contribution is 5.91. The monoisotopic (exact) mass is 514 g/mol. The predicted molar refractivity (Wildman–Crippen MR) is 152 cm³/mol. The third-order valence-electron chi connectivity index (χ3n) is 6.20. The molecule has 200 valence electrons. The quantitative estimate of drug-likeness (QED) is 0.0839. The maximum atomic E-state index is 12.6. The molecule has 0 fully saturated rings. The zero-order valence-electron chi connectivity index (χ0n) is 22.3. The molecule has 3 aromatic rings. The van der Waals surface area contributed by atoms with Gasteiger partial charge in [0.15, 0.2) is 0 Å². The lowest BCUT2D eigenvalue weighted by Gasteiger charge is -2.12. The van der Waals surface area contributed by atoms with Crippen LogP contribution in [-0.2, 0) is 16.0 Å². The number of esters is 2. The van der Waals surface area contributed by atoms with E-state index in [1.165, 1.54) is 11.6 Å². The molecule has 0 heterocycles. The fourth-order valence-electron chi connectivity index (χ4n) is 4.12. The number of aryl methyl sites for hydroxylation is 1. The van der Waals surface area contributed by atoms with Crippen molar-refractivity contribution in [2.24, 2.45) is 0 Å². The average molecular weight is 515 g/mol. The molecular formula is C33H38O5. The fourth-order valence-corrected chi connectivity index (χ4v) is 4.12. The molecule has 3 aromatic carbocycles. The summed E-state index contributed by atoms with van der Waals surface area (Å²) in [6, 6.07) is 23.1. The van der Waals surface area contributed by atoms with Crippen LogP contribution in [0.3, 0.4) is 0 Å². The molecule has 0 atom stereocenters. The third-order valence-corrected chi connectivity index (χ3v) is 6.20. The molecule has 0 spiro atoms. The molecule has 0 saturated carbocycles. The Morgan fingerprint density at radius 1 is 0.789 bits per heavy atom.